The molecule has 2 aromatic rings. The summed E-state index contributed by atoms with van der Waals surface area (Å²) >= 11 is 6.70. The minimum Gasteiger partial charge on any atom is -0.486 e. The van der Waals surface area contributed by atoms with E-state index in [-0.39, 0.29) is 24.0 Å². The van der Waals surface area contributed by atoms with Crippen molar-refractivity contribution in [3.05, 3.63) is 55.7 Å². The molecule has 6 nitrogen and oxygen atoms in total. The zero-order chi connectivity index (χ0) is 22.4. The summed E-state index contributed by atoms with van der Waals surface area (Å²) in [6, 6.07) is 6.66. The van der Waals surface area contributed by atoms with Crippen LogP contribution in [0.5, 0.6) is 5.75 Å². The van der Waals surface area contributed by atoms with E-state index in [4.69, 9.17) is 9.84 Å². The molecule has 30 heavy (non-hydrogen) atoms. The Hall–Kier alpha value is -2.13. The first-order valence-electron chi connectivity index (χ1n) is 9.29. The molecule has 1 amide bonds. The highest BCUT2D eigenvalue weighted by molar-refractivity contribution is 9.11. The first-order chi connectivity index (χ1) is 14.1. The van der Waals surface area contributed by atoms with Gasteiger partial charge in [0.25, 0.3) is 5.91 Å². The van der Waals surface area contributed by atoms with Gasteiger partial charge in [-0.1, -0.05) is 6.92 Å². The zero-order valence-corrected chi connectivity index (χ0v) is 20.0. The molecule has 0 aliphatic rings. The summed E-state index contributed by atoms with van der Waals surface area (Å²) in [5, 5.41) is 14.1. The minimum absolute atomic E-state index is 0.00947. The lowest BCUT2D eigenvalue weighted by atomic mass is 10.1. The summed E-state index contributed by atoms with van der Waals surface area (Å²) in [6.45, 7) is 5.41. The fraction of sp³-hybridized carbons (Fsp3) is 0.333. The fourth-order valence-corrected chi connectivity index (χ4v) is 4.07. The van der Waals surface area contributed by atoms with Crippen LogP contribution < -0.4 is 15.4 Å². The van der Waals surface area contributed by atoms with E-state index in [9.17, 15) is 14.0 Å². The van der Waals surface area contributed by atoms with Gasteiger partial charge in [-0.05, 0) is 82.0 Å². The van der Waals surface area contributed by atoms with Gasteiger partial charge in [0.15, 0.2) is 5.82 Å². The van der Waals surface area contributed by atoms with Crippen molar-refractivity contribution in [2.75, 3.05) is 11.9 Å². The number of benzene rings is 2. The summed E-state index contributed by atoms with van der Waals surface area (Å²) in [4.78, 5) is 22.7. The lowest BCUT2D eigenvalue weighted by molar-refractivity contribution is -0.135. The topological polar surface area (TPSA) is 87.7 Å². The smallest absolute Gasteiger partial charge is 0.322 e. The average molecular weight is 546 g/mol. The molecule has 0 spiro atoms. The maximum Gasteiger partial charge on any atom is 0.322 e. The summed E-state index contributed by atoms with van der Waals surface area (Å²) in [5.41, 5.74) is 2.00. The summed E-state index contributed by atoms with van der Waals surface area (Å²) in [7, 11) is 0. The Morgan fingerprint density at radius 3 is 2.40 bits per heavy atom. The normalized spacial score (nSPS) is 11.7. The Kier molecular flexibility index (Phi) is 8.66. The van der Waals surface area contributed by atoms with Crippen LogP contribution in [-0.2, 0) is 11.4 Å². The van der Waals surface area contributed by atoms with Crippen molar-refractivity contribution in [3.63, 3.8) is 0 Å². The van der Waals surface area contributed by atoms with Gasteiger partial charge in [0, 0.05) is 17.2 Å². The standard InChI is InChI=1S/C21H23Br2FN2O4/c1-4-12(3)26-17-6-11(2)5-14(19(17)24)10-30-20-15(22)7-13(8-16(20)23)21(29)25-9-18(27)28/h5-8,12,26H,4,9-10H2,1-3H3,(H,25,29)(H,27,28). The summed E-state index contributed by atoms with van der Waals surface area (Å²) in [5.74, 6) is -1.63. The number of nitrogens with one attached hydrogen (secondary N) is 2. The largest absolute Gasteiger partial charge is 0.486 e. The van der Waals surface area contributed by atoms with E-state index in [2.05, 4.69) is 42.5 Å². The average Bonchev–Trinajstić information content (AvgIpc) is 2.68. The molecular formula is C21H23Br2FN2O4. The number of ether oxygens (including phenoxy) is 1. The molecule has 1 unspecified atom stereocenters. The lowest BCUT2D eigenvalue weighted by Gasteiger charge is -2.17. The van der Waals surface area contributed by atoms with Gasteiger partial charge in [0.2, 0.25) is 0 Å². The summed E-state index contributed by atoms with van der Waals surface area (Å²) in [6.07, 6.45) is 0.867. The Bertz CT molecular complexity index is 930. The number of carboxylic acid groups (broad SMARTS) is 1. The Morgan fingerprint density at radius 2 is 1.83 bits per heavy atom. The van der Waals surface area contributed by atoms with Crippen molar-refractivity contribution < 1.29 is 23.8 Å². The van der Waals surface area contributed by atoms with E-state index in [1.165, 1.54) is 12.1 Å². The molecule has 0 radical (unpaired) electrons. The van der Waals surface area contributed by atoms with Gasteiger partial charge in [-0.15, -0.1) is 0 Å². The van der Waals surface area contributed by atoms with Gasteiger partial charge in [-0.3, -0.25) is 9.59 Å². The summed E-state index contributed by atoms with van der Waals surface area (Å²) < 4.78 is 21.7. The predicted molar refractivity (Wildman–Crippen MR) is 121 cm³/mol. The highest BCUT2D eigenvalue weighted by Crippen LogP contribution is 2.36. The molecule has 0 saturated carbocycles. The van der Waals surface area contributed by atoms with E-state index < -0.39 is 18.4 Å². The second kappa shape index (κ2) is 10.8. The van der Waals surface area contributed by atoms with E-state index >= 15 is 0 Å². The lowest BCUT2D eigenvalue weighted by Crippen LogP contribution is -2.29. The molecule has 2 rings (SSSR count). The van der Waals surface area contributed by atoms with Crippen molar-refractivity contribution in [3.8, 4) is 5.75 Å². The molecule has 0 bridgehead atoms. The third-order valence-corrected chi connectivity index (χ3v) is 5.52. The van der Waals surface area contributed by atoms with Crippen molar-refractivity contribution in [2.45, 2.75) is 39.8 Å². The van der Waals surface area contributed by atoms with E-state index in [0.717, 1.165) is 12.0 Å². The number of carboxylic acids is 1. The van der Waals surface area contributed by atoms with Gasteiger partial charge >= 0.3 is 5.97 Å². The molecule has 0 aliphatic heterocycles. The number of aryl methyl sites for hydroxylation is 1. The number of amides is 1. The van der Waals surface area contributed by atoms with E-state index in [0.29, 0.717) is 25.9 Å². The highest BCUT2D eigenvalue weighted by atomic mass is 79.9. The number of aliphatic carboxylic acids is 1. The van der Waals surface area contributed by atoms with Crippen LogP contribution >= 0.6 is 31.9 Å². The molecular weight excluding hydrogens is 523 g/mol. The van der Waals surface area contributed by atoms with Crippen LogP contribution in [-0.4, -0.2) is 29.6 Å². The molecule has 162 valence electrons. The first kappa shape index (κ1) is 24.1. The quantitative estimate of drug-likeness (QED) is 0.400. The second-order valence-corrected chi connectivity index (χ2v) is 8.58. The van der Waals surface area contributed by atoms with Crippen LogP contribution in [0.1, 0.15) is 41.8 Å². The first-order valence-corrected chi connectivity index (χ1v) is 10.9. The molecule has 0 aromatic heterocycles. The SMILES string of the molecule is CCC(C)Nc1cc(C)cc(COc2c(Br)cc(C(=O)NCC(=O)O)cc2Br)c1F. The Labute approximate surface area is 191 Å². The van der Waals surface area contributed by atoms with Gasteiger partial charge in [-0.25, -0.2) is 4.39 Å². The minimum atomic E-state index is -1.14. The third kappa shape index (κ3) is 6.43. The number of anilines is 1. The number of rotatable bonds is 9. The highest BCUT2D eigenvalue weighted by Gasteiger charge is 2.16. The van der Waals surface area contributed by atoms with Crippen molar-refractivity contribution >= 4 is 49.4 Å². The number of hydrogen-bond donors (Lipinski definition) is 3. The maximum atomic E-state index is 14.9. The molecule has 0 fully saturated rings. The molecule has 2 aromatic carbocycles. The van der Waals surface area contributed by atoms with Crippen LogP contribution in [0.15, 0.2) is 33.2 Å². The second-order valence-electron chi connectivity index (χ2n) is 6.87. The van der Waals surface area contributed by atoms with Gasteiger partial charge in [-0.2, -0.15) is 0 Å². The Balaban J connectivity index is 2.20. The Morgan fingerprint density at radius 1 is 1.20 bits per heavy atom. The van der Waals surface area contributed by atoms with Gasteiger partial charge in [0.1, 0.15) is 18.9 Å². The van der Waals surface area contributed by atoms with Crippen LogP contribution in [0.2, 0.25) is 0 Å². The maximum absolute atomic E-state index is 14.9. The van der Waals surface area contributed by atoms with Gasteiger partial charge < -0.3 is 20.5 Å². The molecule has 0 heterocycles. The van der Waals surface area contributed by atoms with Crippen LogP contribution in [0, 0.1) is 12.7 Å². The predicted octanol–water partition coefficient (Wildman–Crippen LogP) is 5.26. The third-order valence-electron chi connectivity index (χ3n) is 4.34. The van der Waals surface area contributed by atoms with Crippen molar-refractivity contribution in [2.24, 2.45) is 0 Å². The zero-order valence-electron chi connectivity index (χ0n) is 16.8. The fourth-order valence-electron chi connectivity index (χ4n) is 2.66. The molecule has 9 heteroatoms. The number of halogens is 3. The number of carbonyl (C=O) groups is 2. The van der Waals surface area contributed by atoms with Crippen LogP contribution in [0.25, 0.3) is 0 Å². The van der Waals surface area contributed by atoms with Crippen molar-refractivity contribution in [1.29, 1.82) is 0 Å². The molecule has 3 N–H and O–H groups in total. The van der Waals surface area contributed by atoms with Crippen molar-refractivity contribution in [1.82, 2.24) is 5.32 Å². The van der Waals surface area contributed by atoms with E-state index in [1.54, 1.807) is 12.1 Å². The molecule has 0 saturated heterocycles. The molecule has 0 aliphatic carbocycles. The van der Waals surface area contributed by atoms with Gasteiger partial charge in [0.05, 0.1) is 14.6 Å². The number of hydrogen-bond acceptors (Lipinski definition) is 4. The monoisotopic (exact) mass is 544 g/mol. The van der Waals surface area contributed by atoms with E-state index in [1.807, 2.05) is 20.8 Å². The number of carbonyl (C=O) groups excluding carboxylic acids is 1. The van der Waals surface area contributed by atoms with Crippen LogP contribution in [0.4, 0.5) is 10.1 Å². The molecule has 1 atom stereocenters. The van der Waals surface area contributed by atoms with Crippen LogP contribution in [0.3, 0.4) is 0 Å².